The summed E-state index contributed by atoms with van der Waals surface area (Å²) < 4.78 is 45.0. The van der Waals surface area contributed by atoms with Crippen LogP contribution < -0.4 is 5.32 Å². The lowest BCUT2D eigenvalue weighted by Gasteiger charge is -2.24. The molecule has 4 rings (SSSR count). The normalized spacial score (nSPS) is 12.3. The van der Waals surface area contributed by atoms with Crippen LogP contribution in [0.2, 0.25) is 5.02 Å². The summed E-state index contributed by atoms with van der Waals surface area (Å²) in [5, 5.41) is 7.15. The standard InChI is InChI=1S/C32H38ClF2N5O4S/c1-19-24(17-40(38-19)18-43-13-14-45(6,7)8)21-11-12-23(28(35)27(21)34)26-16-36-29(39(26)5)30(41)37-20-9-10-22(25(33)15-20)31(42)44-32(2,3)4/h9-12,15-17H,13-14,18H2,1-8H3,(H,37,41). The van der Waals surface area contributed by atoms with Gasteiger partial charge in [-0.1, -0.05) is 17.7 Å². The van der Waals surface area contributed by atoms with Gasteiger partial charge in [0.2, 0.25) is 0 Å². The Morgan fingerprint density at radius 1 is 1.04 bits per heavy atom. The highest BCUT2D eigenvalue weighted by Gasteiger charge is 2.24. The third-order valence-electron chi connectivity index (χ3n) is 6.70. The summed E-state index contributed by atoms with van der Waals surface area (Å²) in [6.07, 6.45) is 9.56. The van der Waals surface area contributed by atoms with E-state index in [0.717, 1.165) is 5.75 Å². The van der Waals surface area contributed by atoms with Gasteiger partial charge in [-0.25, -0.2) is 33.3 Å². The molecule has 0 unspecified atom stereocenters. The van der Waals surface area contributed by atoms with E-state index >= 15 is 8.78 Å². The van der Waals surface area contributed by atoms with E-state index in [1.165, 1.54) is 48.1 Å². The molecule has 0 fully saturated rings. The molecule has 2 aromatic carbocycles. The first-order chi connectivity index (χ1) is 20.9. The molecule has 2 heterocycles. The van der Waals surface area contributed by atoms with E-state index < -0.39 is 39.1 Å². The van der Waals surface area contributed by atoms with Gasteiger partial charge in [0, 0.05) is 41.4 Å². The van der Waals surface area contributed by atoms with Gasteiger partial charge in [0.1, 0.15) is 12.3 Å². The lowest BCUT2D eigenvalue weighted by Crippen LogP contribution is -2.24. The molecule has 45 heavy (non-hydrogen) atoms. The number of halogens is 3. The molecule has 0 saturated carbocycles. The van der Waals surface area contributed by atoms with Crippen molar-refractivity contribution in [1.29, 1.82) is 0 Å². The van der Waals surface area contributed by atoms with Crippen LogP contribution in [0, 0.1) is 18.6 Å². The summed E-state index contributed by atoms with van der Waals surface area (Å²) in [5.74, 6) is -2.42. The van der Waals surface area contributed by atoms with Gasteiger partial charge in [-0.05, 0) is 70.7 Å². The lowest BCUT2D eigenvalue weighted by atomic mass is 10.0. The molecule has 0 bridgehead atoms. The number of esters is 1. The van der Waals surface area contributed by atoms with E-state index in [1.807, 2.05) is 0 Å². The average Bonchev–Trinajstić information content (AvgIpc) is 3.48. The maximum atomic E-state index is 15.5. The van der Waals surface area contributed by atoms with Crippen molar-refractivity contribution in [2.45, 2.75) is 40.0 Å². The van der Waals surface area contributed by atoms with Crippen molar-refractivity contribution in [3.8, 4) is 22.4 Å². The van der Waals surface area contributed by atoms with Crippen LogP contribution in [0.5, 0.6) is 0 Å². The van der Waals surface area contributed by atoms with Gasteiger partial charge in [-0.3, -0.25) is 4.79 Å². The number of ether oxygens (including phenoxy) is 2. The van der Waals surface area contributed by atoms with Crippen LogP contribution in [0.25, 0.3) is 22.4 Å². The number of carbonyl (C=O) groups is 2. The molecule has 0 radical (unpaired) electrons. The number of hydrogen-bond acceptors (Lipinski definition) is 6. The van der Waals surface area contributed by atoms with Crippen molar-refractivity contribution in [3.05, 3.63) is 76.5 Å². The van der Waals surface area contributed by atoms with Crippen LogP contribution in [0.1, 0.15) is 47.4 Å². The summed E-state index contributed by atoms with van der Waals surface area (Å²) in [4.78, 5) is 29.6. The Morgan fingerprint density at radius 3 is 2.36 bits per heavy atom. The van der Waals surface area contributed by atoms with Crippen molar-refractivity contribution in [2.24, 2.45) is 7.05 Å². The highest BCUT2D eigenvalue weighted by Crippen LogP contribution is 2.34. The molecule has 1 N–H and O–H groups in total. The quantitative estimate of drug-likeness (QED) is 0.144. The highest BCUT2D eigenvalue weighted by atomic mass is 35.5. The number of anilines is 1. The minimum Gasteiger partial charge on any atom is -0.456 e. The van der Waals surface area contributed by atoms with Crippen LogP contribution in [0.15, 0.2) is 42.7 Å². The number of nitrogens with one attached hydrogen (secondary N) is 1. The second-order valence-electron chi connectivity index (χ2n) is 12.5. The number of benzene rings is 2. The van der Waals surface area contributed by atoms with Crippen LogP contribution in [-0.2, 0) is 23.3 Å². The smallest absolute Gasteiger partial charge is 0.340 e. The number of aryl methyl sites for hydroxylation is 1. The molecule has 0 spiro atoms. The first-order valence-corrected chi connectivity index (χ1v) is 17.5. The molecule has 0 saturated heterocycles. The number of rotatable bonds is 10. The molecular formula is C32H38ClF2N5O4S. The summed E-state index contributed by atoms with van der Waals surface area (Å²) in [7, 11) is 0.838. The number of carbonyl (C=O) groups excluding carboxylic acids is 2. The number of amides is 1. The zero-order valence-corrected chi connectivity index (χ0v) is 28.2. The van der Waals surface area contributed by atoms with Crippen molar-refractivity contribution < 1.29 is 27.8 Å². The molecule has 4 aromatic rings. The maximum absolute atomic E-state index is 15.5. The molecule has 0 aliphatic heterocycles. The van der Waals surface area contributed by atoms with Gasteiger partial charge in [-0.15, -0.1) is 0 Å². The fourth-order valence-corrected chi connectivity index (χ4v) is 5.30. The van der Waals surface area contributed by atoms with Crippen LogP contribution in [-0.4, -0.2) is 67.9 Å². The van der Waals surface area contributed by atoms with E-state index in [0.29, 0.717) is 23.6 Å². The SMILES string of the molecule is Cc1nn(COCCS(C)(C)C)cc1-c1ccc(-c2cnc(C(=O)Nc3ccc(C(=O)OC(C)(C)C)c(Cl)c3)n2C)c(F)c1F. The Bertz CT molecular complexity index is 1740. The first kappa shape index (κ1) is 34.1. The van der Waals surface area contributed by atoms with E-state index in [2.05, 4.69) is 34.2 Å². The number of imidazole rings is 1. The third kappa shape index (κ3) is 8.30. The van der Waals surface area contributed by atoms with Gasteiger partial charge in [0.05, 0.1) is 34.8 Å². The Kier molecular flexibility index (Phi) is 10.1. The Labute approximate surface area is 268 Å². The Morgan fingerprint density at radius 2 is 1.71 bits per heavy atom. The second-order valence-corrected chi connectivity index (χ2v) is 17.5. The fraction of sp³-hybridized carbons (Fsp3) is 0.375. The minimum absolute atomic E-state index is 0.0496. The number of aromatic nitrogens is 4. The third-order valence-corrected chi connectivity index (χ3v) is 8.40. The van der Waals surface area contributed by atoms with Gasteiger partial charge in [-0.2, -0.15) is 5.10 Å². The van der Waals surface area contributed by atoms with Crippen molar-refractivity contribution in [3.63, 3.8) is 0 Å². The highest BCUT2D eigenvalue weighted by molar-refractivity contribution is 8.32. The minimum atomic E-state index is -1.08. The number of hydrogen-bond donors (Lipinski definition) is 1. The fourth-order valence-electron chi connectivity index (χ4n) is 4.42. The monoisotopic (exact) mass is 661 g/mol. The Hall–Kier alpha value is -3.74. The van der Waals surface area contributed by atoms with Gasteiger partial charge < -0.3 is 19.4 Å². The average molecular weight is 662 g/mol. The predicted molar refractivity (Wildman–Crippen MR) is 175 cm³/mol. The van der Waals surface area contributed by atoms with Crippen LogP contribution >= 0.6 is 21.6 Å². The van der Waals surface area contributed by atoms with Crippen molar-refractivity contribution in [1.82, 2.24) is 19.3 Å². The van der Waals surface area contributed by atoms with E-state index in [1.54, 1.807) is 38.6 Å². The topological polar surface area (TPSA) is 100 Å². The first-order valence-electron chi connectivity index (χ1n) is 14.1. The summed E-state index contributed by atoms with van der Waals surface area (Å²) >= 11 is 6.28. The predicted octanol–water partition coefficient (Wildman–Crippen LogP) is 7.07. The largest absolute Gasteiger partial charge is 0.456 e. The molecule has 13 heteroatoms. The molecular weight excluding hydrogens is 624 g/mol. The van der Waals surface area contributed by atoms with E-state index in [9.17, 15) is 9.59 Å². The summed E-state index contributed by atoms with van der Waals surface area (Å²) in [5.41, 5.74) is 0.935. The zero-order valence-electron chi connectivity index (χ0n) is 26.6. The van der Waals surface area contributed by atoms with E-state index in [-0.39, 0.29) is 40.0 Å². The molecule has 0 aliphatic rings. The second kappa shape index (κ2) is 13.3. The molecule has 2 aromatic heterocycles. The van der Waals surface area contributed by atoms with Crippen molar-refractivity contribution in [2.75, 3.05) is 36.4 Å². The van der Waals surface area contributed by atoms with Gasteiger partial charge >= 0.3 is 5.97 Å². The zero-order chi connectivity index (χ0) is 33.3. The summed E-state index contributed by atoms with van der Waals surface area (Å²) in [6, 6.07) is 7.29. The lowest BCUT2D eigenvalue weighted by molar-refractivity contribution is 0.00696. The van der Waals surface area contributed by atoms with Crippen molar-refractivity contribution >= 4 is 39.2 Å². The number of nitrogens with zero attached hydrogens (tertiary/aromatic N) is 4. The van der Waals surface area contributed by atoms with Crippen LogP contribution in [0.3, 0.4) is 0 Å². The Balaban J connectivity index is 1.50. The molecule has 1 amide bonds. The van der Waals surface area contributed by atoms with Gasteiger partial charge in [0.15, 0.2) is 17.5 Å². The molecule has 242 valence electrons. The maximum Gasteiger partial charge on any atom is 0.340 e. The van der Waals surface area contributed by atoms with Gasteiger partial charge in [0.25, 0.3) is 5.91 Å². The van der Waals surface area contributed by atoms with Crippen LogP contribution in [0.4, 0.5) is 14.5 Å². The summed E-state index contributed by atoms with van der Waals surface area (Å²) in [6.45, 7) is 7.74. The molecule has 9 nitrogen and oxygen atoms in total. The molecule has 0 atom stereocenters. The molecule has 0 aliphatic carbocycles. The van der Waals surface area contributed by atoms with E-state index in [4.69, 9.17) is 21.1 Å².